The summed E-state index contributed by atoms with van der Waals surface area (Å²) in [5.41, 5.74) is 0.200. The molecule has 3 rings (SSSR count). The molecular formula is C18H14ClF3N4. The molecule has 0 aliphatic heterocycles. The van der Waals surface area contributed by atoms with Gasteiger partial charge in [-0.05, 0) is 36.4 Å². The lowest BCUT2D eigenvalue weighted by molar-refractivity contribution is -0.137. The summed E-state index contributed by atoms with van der Waals surface area (Å²) in [6, 6.07) is 14.8. The number of halogens is 4. The van der Waals surface area contributed by atoms with Gasteiger partial charge >= 0.3 is 6.18 Å². The van der Waals surface area contributed by atoms with Crippen LogP contribution >= 0.6 is 11.6 Å². The molecule has 0 saturated heterocycles. The van der Waals surface area contributed by atoms with Gasteiger partial charge in [-0.2, -0.15) is 18.2 Å². The summed E-state index contributed by atoms with van der Waals surface area (Å²) in [5, 5.41) is 2.42. The zero-order chi connectivity index (χ0) is 18.7. The van der Waals surface area contributed by atoms with Crippen molar-refractivity contribution in [2.75, 3.05) is 17.3 Å². The van der Waals surface area contributed by atoms with Crippen molar-refractivity contribution in [1.82, 2.24) is 9.97 Å². The van der Waals surface area contributed by atoms with Crippen LogP contribution in [-0.4, -0.2) is 17.0 Å². The van der Waals surface area contributed by atoms with Crippen molar-refractivity contribution >= 4 is 34.7 Å². The van der Waals surface area contributed by atoms with E-state index in [4.69, 9.17) is 11.6 Å². The van der Waals surface area contributed by atoms with Crippen LogP contribution in [0.3, 0.4) is 0 Å². The summed E-state index contributed by atoms with van der Waals surface area (Å²) in [7, 11) is 1.84. The summed E-state index contributed by atoms with van der Waals surface area (Å²) in [6.07, 6.45) is -3.00. The monoisotopic (exact) mass is 378 g/mol. The van der Waals surface area contributed by atoms with Gasteiger partial charge in [0.1, 0.15) is 5.82 Å². The Morgan fingerprint density at radius 3 is 2.46 bits per heavy atom. The summed E-state index contributed by atoms with van der Waals surface area (Å²) < 4.78 is 38.9. The highest BCUT2D eigenvalue weighted by Gasteiger charge is 2.33. The molecule has 0 unspecified atom stereocenters. The van der Waals surface area contributed by atoms with Crippen molar-refractivity contribution in [2.45, 2.75) is 6.18 Å². The summed E-state index contributed by atoms with van der Waals surface area (Å²) in [5.74, 6) is 0.777. The molecule has 3 aromatic rings. The Labute approximate surface area is 153 Å². The first-order chi connectivity index (χ1) is 12.3. The van der Waals surface area contributed by atoms with Gasteiger partial charge in [0.05, 0.1) is 10.6 Å². The smallest absolute Gasteiger partial charge is 0.329 e. The topological polar surface area (TPSA) is 41.1 Å². The van der Waals surface area contributed by atoms with Crippen molar-refractivity contribution in [3.05, 3.63) is 71.4 Å². The fourth-order valence-corrected chi connectivity index (χ4v) is 2.55. The maximum Gasteiger partial charge on any atom is 0.417 e. The molecule has 8 heteroatoms. The van der Waals surface area contributed by atoms with Crippen LogP contribution in [0.4, 0.5) is 36.3 Å². The minimum atomic E-state index is -4.54. The minimum Gasteiger partial charge on any atom is -0.329 e. The van der Waals surface area contributed by atoms with E-state index < -0.39 is 11.7 Å². The maximum atomic E-state index is 13.0. The van der Waals surface area contributed by atoms with Gasteiger partial charge in [0.25, 0.3) is 0 Å². The SMILES string of the molecule is CN(c1ccccc1)c1ccnc(Nc2ccc(Cl)c(C(F)(F)F)c2)n1. The number of alkyl halides is 3. The molecule has 0 amide bonds. The Bertz CT molecular complexity index is 900. The number of para-hydroxylation sites is 1. The van der Waals surface area contributed by atoms with Crippen LogP contribution in [0.25, 0.3) is 0 Å². The first kappa shape index (κ1) is 18.0. The normalized spacial score (nSPS) is 11.3. The van der Waals surface area contributed by atoms with E-state index in [9.17, 15) is 13.2 Å². The van der Waals surface area contributed by atoms with E-state index in [1.54, 1.807) is 6.07 Å². The van der Waals surface area contributed by atoms with Crippen LogP contribution in [-0.2, 0) is 6.18 Å². The number of hydrogen-bond donors (Lipinski definition) is 1. The highest BCUT2D eigenvalue weighted by molar-refractivity contribution is 6.31. The summed E-state index contributed by atoms with van der Waals surface area (Å²) >= 11 is 5.63. The Kier molecular flexibility index (Phi) is 4.99. The molecule has 0 aliphatic carbocycles. The molecule has 4 nitrogen and oxygen atoms in total. The number of hydrogen-bond acceptors (Lipinski definition) is 4. The number of aromatic nitrogens is 2. The van der Waals surface area contributed by atoms with Gasteiger partial charge < -0.3 is 10.2 Å². The lowest BCUT2D eigenvalue weighted by Gasteiger charge is -2.18. The van der Waals surface area contributed by atoms with Crippen LogP contribution in [0.2, 0.25) is 5.02 Å². The van der Waals surface area contributed by atoms with Gasteiger partial charge in [-0.1, -0.05) is 29.8 Å². The molecule has 1 N–H and O–H groups in total. The lowest BCUT2D eigenvalue weighted by Crippen LogP contribution is -2.12. The van der Waals surface area contributed by atoms with E-state index in [-0.39, 0.29) is 16.7 Å². The molecule has 134 valence electrons. The van der Waals surface area contributed by atoms with Gasteiger partial charge in [-0.25, -0.2) is 4.98 Å². The lowest BCUT2D eigenvalue weighted by atomic mass is 10.2. The van der Waals surface area contributed by atoms with E-state index in [0.29, 0.717) is 5.82 Å². The quantitative estimate of drug-likeness (QED) is 0.636. The predicted octanol–water partition coefficient (Wildman–Crippen LogP) is 5.66. The second-order valence-corrected chi connectivity index (χ2v) is 5.86. The van der Waals surface area contributed by atoms with Crippen molar-refractivity contribution in [1.29, 1.82) is 0 Å². The Morgan fingerprint density at radius 1 is 1.04 bits per heavy atom. The van der Waals surface area contributed by atoms with Gasteiger partial charge in [-0.3, -0.25) is 0 Å². The molecule has 0 radical (unpaired) electrons. The molecule has 0 aliphatic rings. The third-order valence-electron chi connectivity index (χ3n) is 3.66. The van der Waals surface area contributed by atoms with Crippen LogP contribution in [0.5, 0.6) is 0 Å². The molecule has 2 aromatic carbocycles. The van der Waals surface area contributed by atoms with Gasteiger partial charge in [-0.15, -0.1) is 0 Å². The molecule has 1 heterocycles. The van der Waals surface area contributed by atoms with Gasteiger partial charge in [0.2, 0.25) is 5.95 Å². The van der Waals surface area contributed by atoms with E-state index in [2.05, 4.69) is 15.3 Å². The zero-order valence-corrected chi connectivity index (χ0v) is 14.4. The molecule has 0 atom stereocenters. The summed E-state index contributed by atoms with van der Waals surface area (Å²) in [4.78, 5) is 10.3. The Hall–Kier alpha value is -2.80. The second-order valence-electron chi connectivity index (χ2n) is 5.45. The fourth-order valence-electron chi connectivity index (χ4n) is 2.33. The maximum absolute atomic E-state index is 13.0. The number of nitrogens with one attached hydrogen (secondary N) is 1. The average molecular weight is 379 g/mol. The fraction of sp³-hybridized carbons (Fsp3) is 0.111. The van der Waals surface area contributed by atoms with E-state index >= 15 is 0 Å². The summed E-state index contributed by atoms with van der Waals surface area (Å²) in [6.45, 7) is 0. The predicted molar refractivity (Wildman–Crippen MR) is 96.3 cm³/mol. The largest absolute Gasteiger partial charge is 0.417 e. The van der Waals surface area contributed by atoms with E-state index in [1.165, 1.54) is 18.3 Å². The third-order valence-corrected chi connectivity index (χ3v) is 3.99. The van der Waals surface area contributed by atoms with Crippen LogP contribution < -0.4 is 10.2 Å². The van der Waals surface area contributed by atoms with E-state index in [1.807, 2.05) is 42.3 Å². The van der Waals surface area contributed by atoms with Crippen molar-refractivity contribution < 1.29 is 13.2 Å². The molecule has 1 aromatic heterocycles. The van der Waals surface area contributed by atoms with Crippen molar-refractivity contribution in [2.24, 2.45) is 0 Å². The highest BCUT2D eigenvalue weighted by atomic mass is 35.5. The standard InChI is InChI=1S/C18H14ClF3N4/c1-26(13-5-3-2-4-6-13)16-9-10-23-17(25-16)24-12-7-8-15(19)14(11-12)18(20,21)22/h2-11H,1H3,(H,23,24,25). The number of anilines is 4. The van der Waals surface area contributed by atoms with Crippen LogP contribution in [0, 0.1) is 0 Å². The molecule has 0 bridgehead atoms. The molecular weight excluding hydrogens is 365 g/mol. The number of rotatable bonds is 4. The highest BCUT2D eigenvalue weighted by Crippen LogP contribution is 2.36. The Morgan fingerprint density at radius 2 is 1.77 bits per heavy atom. The first-order valence-corrected chi connectivity index (χ1v) is 7.98. The number of benzene rings is 2. The number of nitrogens with zero attached hydrogens (tertiary/aromatic N) is 3. The molecule has 0 spiro atoms. The zero-order valence-electron chi connectivity index (χ0n) is 13.6. The average Bonchev–Trinajstić information content (AvgIpc) is 2.63. The Balaban J connectivity index is 1.86. The molecule has 0 fully saturated rings. The third kappa shape index (κ3) is 4.05. The molecule has 26 heavy (non-hydrogen) atoms. The molecule has 0 saturated carbocycles. The van der Waals surface area contributed by atoms with Crippen LogP contribution in [0.15, 0.2) is 60.8 Å². The van der Waals surface area contributed by atoms with Crippen molar-refractivity contribution in [3.8, 4) is 0 Å². The van der Waals surface area contributed by atoms with Gasteiger partial charge in [0, 0.05) is 24.6 Å². The van der Waals surface area contributed by atoms with Gasteiger partial charge in [0.15, 0.2) is 0 Å². The second kappa shape index (κ2) is 7.21. The first-order valence-electron chi connectivity index (χ1n) is 7.60. The van der Waals surface area contributed by atoms with Crippen molar-refractivity contribution in [3.63, 3.8) is 0 Å². The van der Waals surface area contributed by atoms with Crippen LogP contribution in [0.1, 0.15) is 5.56 Å². The van der Waals surface area contributed by atoms with E-state index in [0.717, 1.165) is 11.8 Å². The minimum absolute atomic E-state index is 0.181.